The zero-order valence-corrected chi connectivity index (χ0v) is 10.2. The molecule has 0 unspecified atom stereocenters. The molecule has 0 bridgehead atoms. The van der Waals surface area contributed by atoms with Crippen molar-refractivity contribution in [1.29, 1.82) is 0 Å². The average molecular weight is 229 g/mol. The Labute approximate surface area is 102 Å². The molecule has 2 aliphatic rings. The molecule has 0 atom stereocenters. The molecule has 90 valence electrons. The summed E-state index contributed by atoms with van der Waals surface area (Å²) in [4.78, 5) is 12.0. The average Bonchev–Trinajstić information content (AvgIpc) is 2.99. The molecule has 1 saturated carbocycles. The van der Waals surface area contributed by atoms with Gasteiger partial charge in [-0.1, -0.05) is 18.9 Å². The number of anilines is 1. The molecule has 0 aromatic heterocycles. The number of rotatable bonds is 2. The maximum absolute atomic E-state index is 12.0. The van der Waals surface area contributed by atoms with Crippen LogP contribution in [-0.2, 0) is 17.6 Å². The van der Waals surface area contributed by atoms with E-state index < -0.39 is 0 Å². The van der Waals surface area contributed by atoms with Gasteiger partial charge in [0.15, 0.2) is 0 Å². The summed E-state index contributed by atoms with van der Waals surface area (Å²) in [5.74, 6) is 0.476. The molecule has 1 aromatic carbocycles. The van der Waals surface area contributed by atoms with Crippen molar-refractivity contribution in [2.45, 2.75) is 44.9 Å². The van der Waals surface area contributed by atoms with E-state index in [2.05, 4.69) is 23.5 Å². The van der Waals surface area contributed by atoms with E-state index in [1.54, 1.807) is 0 Å². The Bertz CT molecular complexity index is 433. The molecule has 17 heavy (non-hydrogen) atoms. The summed E-state index contributed by atoms with van der Waals surface area (Å²) in [6.45, 7) is 0. The third kappa shape index (κ3) is 2.21. The minimum Gasteiger partial charge on any atom is -0.326 e. The van der Waals surface area contributed by atoms with Crippen LogP contribution in [0.25, 0.3) is 0 Å². The van der Waals surface area contributed by atoms with E-state index in [4.69, 9.17) is 0 Å². The second-order valence-electron chi connectivity index (χ2n) is 5.31. The van der Waals surface area contributed by atoms with Crippen LogP contribution < -0.4 is 5.32 Å². The van der Waals surface area contributed by atoms with Gasteiger partial charge in [0, 0.05) is 11.6 Å². The molecule has 0 heterocycles. The Balaban J connectivity index is 1.70. The Morgan fingerprint density at radius 3 is 2.65 bits per heavy atom. The molecule has 3 rings (SSSR count). The fraction of sp³-hybridized carbons (Fsp3) is 0.533. The molecule has 0 spiro atoms. The second kappa shape index (κ2) is 4.52. The lowest BCUT2D eigenvalue weighted by molar-refractivity contribution is -0.119. The number of amides is 1. The molecule has 2 heteroatoms. The van der Waals surface area contributed by atoms with Crippen LogP contribution >= 0.6 is 0 Å². The van der Waals surface area contributed by atoms with Gasteiger partial charge in [0.05, 0.1) is 0 Å². The number of carbonyl (C=O) groups is 1. The number of aryl methyl sites for hydroxylation is 2. The fourth-order valence-electron chi connectivity index (χ4n) is 3.08. The zero-order chi connectivity index (χ0) is 11.7. The van der Waals surface area contributed by atoms with E-state index in [0.29, 0.717) is 0 Å². The van der Waals surface area contributed by atoms with Gasteiger partial charge in [0.2, 0.25) is 5.91 Å². The van der Waals surface area contributed by atoms with Crippen molar-refractivity contribution in [3.63, 3.8) is 0 Å². The SMILES string of the molecule is O=C(Nc1ccc2c(c1)CCC2)C1CCCC1. The number of fused-ring (bicyclic) bond motifs is 1. The smallest absolute Gasteiger partial charge is 0.227 e. The first kappa shape index (κ1) is 10.8. The van der Waals surface area contributed by atoms with Crippen LogP contribution in [0.2, 0.25) is 0 Å². The minimum absolute atomic E-state index is 0.223. The van der Waals surface area contributed by atoms with Crippen LogP contribution in [0.5, 0.6) is 0 Å². The van der Waals surface area contributed by atoms with Crippen LogP contribution in [0.1, 0.15) is 43.2 Å². The lowest BCUT2D eigenvalue weighted by atomic mass is 10.1. The van der Waals surface area contributed by atoms with E-state index in [-0.39, 0.29) is 11.8 Å². The normalized spacial score (nSPS) is 19.3. The standard InChI is InChI=1S/C15H19NO/c17-15(12-4-1-2-5-12)16-14-9-8-11-6-3-7-13(11)10-14/h8-10,12H,1-7H2,(H,16,17). The molecule has 1 amide bonds. The van der Waals surface area contributed by atoms with E-state index in [1.807, 2.05) is 0 Å². The van der Waals surface area contributed by atoms with Gasteiger partial charge in [-0.15, -0.1) is 0 Å². The van der Waals surface area contributed by atoms with E-state index in [1.165, 1.54) is 43.2 Å². The monoisotopic (exact) mass is 229 g/mol. The molecule has 1 aromatic rings. The summed E-state index contributed by atoms with van der Waals surface area (Å²) in [5, 5.41) is 3.07. The van der Waals surface area contributed by atoms with Gasteiger partial charge in [0.25, 0.3) is 0 Å². The van der Waals surface area contributed by atoms with Crippen molar-refractivity contribution in [3.8, 4) is 0 Å². The second-order valence-corrected chi connectivity index (χ2v) is 5.31. The number of nitrogens with one attached hydrogen (secondary N) is 1. The zero-order valence-electron chi connectivity index (χ0n) is 10.2. The third-order valence-corrected chi connectivity index (χ3v) is 4.09. The predicted molar refractivity (Wildman–Crippen MR) is 69.1 cm³/mol. The first-order valence-corrected chi connectivity index (χ1v) is 6.75. The van der Waals surface area contributed by atoms with Gasteiger partial charge < -0.3 is 5.32 Å². The van der Waals surface area contributed by atoms with E-state index >= 15 is 0 Å². The highest BCUT2D eigenvalue weighted by atomic mass is 16.1. The van der Waals surface area contributed by atoms with Crippen LogP contribution in [0, 0.1) is 5.92 Å². The van der Waals surface area contributed by atoms with Gasteiger partial charge in [0.1, 0.15) is 0 Å². The Hall–Kier alpha value is -1.31. The van der Waals surface area contributed by atoms with Gasteiger partial charge in [-0.05, 0) is 55.4 Å². The molecule has 1 N–H and O–H groups in total. The summed E-state index contributed by atoms with van der Waals surface area (Å²) < 4.78 is 0. The number of hydrogen-bond acceptors (Lipinski definition) is 1. The third-order valence-electron chi connectivity index (χ3n) is 4.09. The highest BCUT2D eigenvalue weighted by molar-refractivity contribution is 5.92. The van der Waals surface area contributed by atoms with Crippen molar-refractivity contribution in [2.75, 3.05) is 5.32 Å². The highest BCUT2D eigenvalue weighted by Gasteiger charge is 2.22. The highest BCUT2D eigenvalue weighted by Crippen LogP contribution is 2.28. The van der Waals surface area contributed by atoms with Crippen molar-refractivity contribution in [3.05, 3.63) is 29.3 Å². The summed E-state index contributed by atoms with van der Waals surface area (Å²) >= 11 is 0. The minimum atomic E-state index is 0.223. The number of carbonyl (C=O) groups excluding carboxylic acids is 1. The van der Waals surface area contributed by atoms with Crippen molar-refractivity contribution in [1.82, 2.24) is 0 Å². The van der Waals surface area contributed by atoms with E-state index in [0.717, 1.165) is 18.5 Å². The Kier molecular flexibility index (Phi) is 2.87. The van der Waals surface area contributed by atoms with Crippen molar-refractivity contribution in [2.24, 2.45) is 5.92 Å². The van der Waals surface area contributed by atoms with Crippen LogP contribution in [0.3, 0.4) is 0 Å². The molecular weight excluding hydrogens is 210 g/mol. The summed E-state index contributed by atoms with van der Waals surface area (Å²) in [6.07, 6.45) is 8.18. The first-order chi connectivity index (χ1) is 8.33. The first-order valence-electron chi connectivity index (χ1n) is 6.75. The number of hydrogen-bond donors (Lipinski definition) is 1. The molecule has 0 aliphatic heterocycles. The Morgan fingerprint density at radius 2 is 1.82 bits per heavy atom. The van der Waals surface area contributed by atoms with Crippen molar-refractivity contribution < 1.29 is 4.79 Å². The molecule has 2 nitrogen and oxygen atoms in total. The van der Waals surface area contributed by atoms with E-state index in [9.17, 15) is 4.79 Å². The topological polar surface area (TPSA) is 29.1 Å². The summed E-state index contributed by atoms with van der Waals surface area (Å²) in [5.41, 5.74) is 3.88. The Morgan fingerprint density at radius 1 is 1.06 bits per heavy atom. The number of benzene rings is 1. The molecule has 2 aliphatic carbocycles. The van der Waals surface area contributed by atoms with Gasteiger partial charge in [-0.3, -0.25) is 4.79 Å². The molecular formula is C15H19NO. The maximum Gasteiger partial charge on any atom is 0.227 e. The van der Waals surface area contributed by atoms with Crippen molar-refractivity contribution >= 4 is 11.6 Å². The van der Waals surface area contributed by atoms with Gasteiger partial charge in [-0.2, -0.15) is 0 Å². The molecule has 0 saturated heterocycles. The van der Waals surface area contributed by atoms with Crippen LogP contribution in [0.4, 0.5) is 5.69 Å². The lowest BCUT2D eigenvalue weighted by Gasteiger charge is -2.11. The predicted octanol–water partition coefficient (Wildman–Crippen LogP) is 3.30. The summed E-state index contributed by atoms with van der Waals surface area (Å²) in [7, 11) is 0. The summed E-state index contributed by atoms with van der Waals surface area (Å²) in [6, 6.07) is 6.39. The van der Waals surface area contributed by atoms with Gasteiger partial charge >= 0.3 is 0 Å². The fourth-order valence-corrected chi connectivity index (χ4v) is 3.08. The van der Waals surface area contributed by atoms with Gasteiger partial charge in [-0.25, -0.2) is 0 Å². The maximum atomic E-state index is 12.0. The van der Waals surface area contributed by atoms with Crippen LogP contribution in [-0.4, -0.2) is 5.91 Å². The quantitative estimate of drug-likeness (QED) is 0.828. The molecule has 0 radical (unpaired) electrons. The lowest BCUT2D eigenvalue weighted by Crippen LogP contribution is -2.20. The van der Waals surface area contributed by atoms with Crippen LogP contribution in [0.15, 0.2) is 18.2 Å². The largest absolute Gasteiger partial charge is 0.326 e. The molecule has 1 fully saturated rings.